The second-order valence-electron chi connectivity index (χ2n) is 5.16. The molecule has 0 amide bonds. The molecule has 0 bridgehead atoms. The van der Waals surface area contributed by atoms with Gasteiger partial charge in [-0.3, -0.25) is 4.79 Å². The van der Waals surface area contributed by atoms with Crippen molar-refractivity contribution in [1.82, 2.24) is 0 Å². The normalized spacial score (nSPS) is 10.4. The average molecular weight is 263 g/mol. The van der Waals surface area contributed by atoms with E-state index in [4.69, 9.17) is 5.11 Å². The van der Waals surface area contributed by atoms with Crippen LogP contribution in [-0.4, -0.2) is 17.6 Å². The zero-order valence-electron chi connectivity index (χ0n) is 12.0. The van der Waals surface area contributed by atoms with E-state index in [0.29, 0.717) is 6.42 Å². The van der Waals surface area contributed by atoms with E-state index in [2.05, 4.69) is 37.4 Å². The van der Waals surface area contributed by atoms with Gasteiger partial charge in [-0.2, -0.15) is 0 Å². The molecule has 0 saturated carbocycles. The molecule has 3 nitrogen and oxygen atoms in total. The summed E-state index contributed by atoms with van der Waals surface area (Å²) in [4.78, 5) is 10.3. The Morgan fingerprint density at radius 2 is 1.79 bits per heavy atom. The van der Waals surface area contributed by atoms with Crippen molar-refractivity contribution in [3.05, 3.63) is 29.3 Å². The number of benzene rings is 1. The highest BCUT2D eigenvalue weighted by Crippen LogP contribution is 2.16. The number of carbonyl (C=O) groups is 1. The molecule has 1 aromatic carbocycles. The Morgan fingerprint density at radius 3 is 2.53 bits per heavy atom. The fourth-order valence-corrected chi connectivity index (χ4v) is 2.08. The smallest absolute Gasteiger partial charge is 0.303 e. The quantitative estimate of drug-likeness (QED) is 0.658. The van der Waals surface area contributed by atoms with Crippen molar-refractivity contribution in [1.29, 1.82) is 0 Å². The van der Waals surface area contributed by atoms with Gasteiger partial charge in [0.15, 0.2) is 0 Å². The van der Waals surface area contributed by atoms with Gasteiger partial charge in [0, 0.05) is 18.7 Å². The maximum absolute atomic E-state index is 10.3. The Balaban J connectivity index is 2.07. The first-order valence-corrected chi connectivity index (χ1v) is 7.12. The van der Waals surface area contributed by atoms with Gasteiger partial charge in [-0.25, -0.2) is 0 Å². The number of aryl methyl sites for hydroxylation is 2. The first kappa shape index (κ1) is 15.5. The monoisotopic (exact) mass is 263 g/mol. The van der Waals surface area contributed by atoms with Crippen LogP contribution in [0.4, 0.5) is 5.69 Å². The lowest BCUT2D eigenvalue weighted by atomic mass is 10.1. The molecule has 0 aliphatic rings. The molecule has 0 aromatic heterocycles. The lowest BCUT2D eigenvalue weighted by Crippen LogP contribution is -2.03. The minimum Gasteiger partial charge on any atom is -0.481 e. The third-order valence-corrected chi connectivity index (χ3v) is 3.28. The third kappa shape index (κ3) is 6.85. The van der Waals surface area contributed by atoms with Crippen LogP contribution in [0.15, 0.2) is 18.2 Å². The summed E-state index contributed by atoms with van der Waals surface area (Å²) in [5, 5.41) is 12.0. The van der Waals surface area contributed by atoms with Crippen molar-refractivity contribution < 1.29 is 9.90 Å². The molecule has 1 rings (SSSR count). The summed E-state index contributed by atoms with van der Waals surface area (Å²) in [7, 11) is 0. The Bertz CT molecular complexity index is 402. The molecule has 2 N–H and O–H groups in total. The lowest BCUT2D eigenvalue weighted by Gasteiger charge is -2.10. The van der Waals surface area contributed by atoms with Crippen LogP contribution >= 0.6 is 0 Å². The Labute approximate surface area is 116 Å². The highest BCUT2D eigenvalue weighted by Gasteiger charge is 1.98. The van der Waals surface area contributed by atoms with Gasteiger partial charge < -0.3 is 10.4 Å². The number of aliphatic carboxylic acids is 1. The summed E-state index contributed by atoms with van der Waals surface area (Å²) in [6.07, 6.45) is 5.57. The molecule has 0 spiro atoms. The van der Waals surface area contributed by atoms with E-state index >= 15 is 0 Å². The average Bonchev–Trinajstić information content (AvgIpc) is 2.36. The number of carboxylic acid groups (broad SMARTS) is 1. The van der Waals surface area contributed by atoms with Crippen LogP contribution in [-0.2, 0) is 4.79 Å². The molecule has 3 heteroatoms. The van der Waals surface area contributed by atoms with Gasteiger partial charge >= 0.3 is 5.97 Å². The second kappa shape index (κ2) is 8.57. The molecule has 1 aromatic rings. The first-order valence-electron chi connectivity index (χ1n) is 7.12. The van der Waals surface area contributed by atoms with Gasteiger partial charge in [-0.05, 0) is 43.9 Å². The van der Waals surface area contributed by atoms with E-state index in [1.54, 1.807) is 0 Å². The van der Waals surface area contributed by atoms with Crippen LogP contribution in [0.25, 0.3) is 0 Å². The summed E-state index contributed by atoms with van der Waals surface area (Å²) in [6, 6.07) is 6.45. The largest absolute Gasteiger partial charge is 0.481 e. The van der Waals surface area contributed by atoms with Crippen molar-refractivity contribution in [3.8, 4) is 0 Å². The van der Waals surface area contributed by atoms with Crippen molar-refractivity contribution in [3.63, 3.8) is 0 Å². The van der Waals surface area contributed by atoms with Crippen LogP contribution in [0.3, 0.4) is 0 Å². The summed E-state index contributed by atoms with van der Waals surface area (Å²) >= 11 is 0. The van der Waals surface area contributed by atoms with E-state index in [1.807, 2.05) is 0 Å². The molecule has 106 valence electrons. The van der Waals surface area contributed by atoms with Crippen LogP contribution in [0.1, 0.15) is 49.7 Å². The summed E-state index contributed by atoms with van der Waals surface area (Å²) < 4.78 is 0. The molecule has 0 fully saturated rings. The predicted octanol–water partition coefficient (Wildman–Crippen LogP) is 4.14. The molecule has 0 aliphatic carbocycles. The molecule has 0 aliphatic heterocycles. The summed E-state index contributed by atoms with van der Waals surface area (Å²) in [5.41, 5.74) is 3.79. The van der Waals surface area contributed by atoms with Gasteiger partial charge in [-0.1, -0.05) is 31.4 Å². The molecule has 0 radical (unpaired) electrons. The Hall–Kier alpha value is -1.51. The van der Waals surface area contributed by atoms with Crippen molar-refractivity contribution in [2.75, 3.05) is 11.9 Å². The van der Waals surface area contributed by atoms with Gasteiger partial charge in [0.25, 0.3) is 0 Å². The van der Waals surface area contributed by atoms with Crippen molar-refractivity contribution >= 4 is 11.7 Å². The molecule has 0 atom stereocenters. The molecule has 0 saturated heterocycles. The number of nitrogens with one attached hydrogen (secondary N) is 1. The fourth-order valence-electron chi connectivity index (χ4n) is 2.08. The van der Waals surface area contributed by atoms with Crippen molar-refractivity contribution in [2.24, 2.45) is 0 Å². The van der Waals surface area contributed by atoms with E-state index in [-0.39, 0.29) is 0 Å². The Morgan fingerprint density at radius 1 is 1.11 bits per heavy atom. The minimum absolute atomic E-state index is 0.306. The van der Waals surface area contributed by atoms with Crippen LogP contribution in [0.5, 0.6) is 0 Å². The zero-order valence-corrected chi connectivity index (χ0v) is 12.0. The van der Waals surface area contributed by atoms with Crippen LogP contribution in [0.2, 0.25) is 0 Å². The first-order chi connectivity index (χ1) is 9.09. The standard InChI is InChI=1S/C16H25NO2/c1-13-9-10-14(2)15(12-13)17-11-7-5-3-4-6-8-16(18)19/h9-10,12,17H,3-8,11H2,1-2H3,(H,18,19). The fraction of sp³-hybridized carbons (Fsp3) is 0.562. The maximum atomic E-state index is 10.3. The second-order valence-corrected chi connectivity index (χ2v) is 5.16. The van der Waals surface area contributed by atoms with Gasteiger partial charge in [0.05, 0.1) is 0 Å². The number of rotatable bonds is 9. The van der Waals surface area contributed by atoms with E-state index in [1.165, 1.54) is 16.8 Å². The molecule has 19 heavy (non-hydrogen) atoms. The van der Waals surface area contributed by atoms with Crippen LogP contribution < -0.4 is 5.32 Å². The topological polar surface area (TPSA) is 49.3 Å². The van der Waals surface area contributed by atoms with Crippen molar-refractivity contribution in [2.45, 2.75) is 52.4 Å². The predicted molar refractivity (Wildman–Crippen MR) is 79.7 cm³/mol. The molecular weight excluding hydrogens is 238 g/mol. The van der Waals surface area contributed by atoms with E-state index in [9.17, 15) is 4.79 Å². The molecule has 0 heterocycles. The van der Waals surface area contributed by atoms with Gasteiger partial charge in [0.1, 0.15) is 0 Å². The number of carboxylic acids is 1. The summed E-state index contributed by atoms with van der Waals surface area (Å²) in [6.45, 7) is 5.21. The number of anilines is 1. The number of hydrogen-bond acceptors (Lipinski definition) is 2. The lowest BCUT2D eigenvalue weighted by molar-refractivity contribution is -0.137. The highest BCUT2D eigenvalue weighted by atomic mass is 16.4. The summed E-state index contributed by atoms with van der Waals surface area (Å²) in [5.74, 6) is -0.684. The number of hydrogen-bond donors (Lipinski definition) is 2. The SMILES string of the molecule is Cc1ccc(C)c(NCCCCCCCC(=O)O)c1. The Kier molecular flexibility index (Phi) is 7.01. The van der Waals surface area contributed by atoms with Gasteiger partial charge in [-0.15, -0.1) is 0 Å². The molecular formula is C16H25NO2. The van der Waals surface area contributed by atoms with Crippen LogP contribution in [0, 0.1) is 13.8 Å². The number of unbranched alkanes of at least 4 members (excludes halogenated alkanes) is 4. The third-order valence-electron chi connectivity index (χ3n) is 3.28. The van der Waals surface area contributed by atoms with E-state index in [0.717, 1.165) is 38.6 Å². The molecule has 0 unspecified atom stereocenters. The minimum atomic E-state index is -0.684. The highest BCUT2D eigenvalue weighted by molar-refractivity contribution is 5.66. The zero-order chi connectivity index (χ0) is 14.1. The van der Waals surface area contributed by atoms with Gasteiger partial charge in [0.2, 0.25) is 0 Å². The maximum Gasteiger partial charge on any atom is 0.303 e. The van der Waals surface area contributed by atoms with E-state index < -0.39 is 5.97 Å².